The average Bonchev–Trinajstić information content (AvgIpc) is 2.81. The maximum absolute atomic E-state index is 12.1. The average molecular weight is 303 g/mol. The Balaban J connectivity index is 0.00000180. The van der Waals surface area contributed by atoms with Crippen LogP contribution >= 0.6 is 23.7 Å². The second kappa shape index (κ2) is 7.88. The summed E-state index contributed by atoms with van der Waals surface area (Å²) < 4.78 is 0. The first-order valence-electron chi connectivity index (χ1n) is 6.73. The molecule has 3 nitrogen and oxygen atoms in total. The number of halogens is 1. The highest BCUT2D eigenvalue weighted by Gasteiger charge is 2.25. The molecule has 3 N–H and O–H groups in total. The Morgan fingerprint density at radius 3 is 3.00 bits per heavy atom. The van der Waals surface area contributed by atoms with E-state index in [1.807, 2.05) is 0 Å². The van der Waals surface area contributed by atoms with Crippen molar-refractivity contribution in [2.45, 2.75) is 51.1 Å². The Labute approximate surface area is 125 Å². The third kappa shape index (κ3) is 5.13. The second-order valence-corrected chi connectivity index (χ2v) is 6.35. The van der Waals surface area contributed by atoms with Gasteiger partial charge in [-0.15, -0.1) is 23.7 Å². The molecule has 19 heavy (non-hydrogen) atoms. The summed E-state index contributed by atoms with van der Waals surface area (Å²) in [6.45, 7) is 2.07. The minimum absolute atomic E-state index is 0. The van der Waals surface area contributed by atoms with Crippen LogP contribution in [-0.4, -0.2) is 18.0 Å². The van der Waals surface area contributed by atoms with Crippen molar-refractivity contribution in [1.82, 2.24) is 5.32 Å². The summed E-state index contributed by atoms with van der Waals surface area (Å²) in [4.78, 5) is 13.4. The van der Waals surface area contributed by atoms with Gasteiger partial charge < -0.3 is 11.1 Å². The molecule has 108 valence electrons. The highest BCUT2D eigenvalue weighted by Crippen LogP contribution is 2.23. The zero-order valence-corrected chi connectivity index (χ0v) is 12.9. The fraction of sp³-hybridized carbons (Fsp3) is 0.643. The number of nitrogens with two attached hydrogens (primary N) is 1. The largest absolute Gasteiger partial charge is 0.353 e. The zero-order valence-electron chi connectivity index (χ0n) is 11.3. The van der Waals surface area contributed by atoms with Crippen LogP contribution in [0.5, 0.6) is 0 Å². The molecule has 0 bridgehead atoms. The van der Waals surface area contributed by atoms with Gasteiger partial charge in [0.2, 0.25) is 5.91 Å². The Kier molecular flexibility index (Phi) is 6.83. The zero-order chi connectivity index (χ0) is 13.0. The summed E-state index contributed by atoms with van der Waals surface area (Å²) in [5, 5.41) is 5.19. The SMILES string of the molecule is CC(Cc1cccs1)NC(=O)C1CCCC(N)C1.Cl. The molecule has 0 spiro atoms. The van der Waals surface area contributed by atoms with Crippen molar-refractivity contribution in [3.05, 3.63) is 22.4 Å². The van der Waals surface area contributed by atoms with E-state index in [1.54, 1.807) is 11.3 Å². The van der Waals surface area contributed by atoms with Crippen LogP contribution in [0, 0.1) is 5.92 Å². The van der Waals surface area contributed by atoms with Gasteiger partial charge >= 0.3 is 0 Å². The quantitative estimate of drug-likeness (QED) is 0.898. The third-order valence-electron chi connectivity index (χ3n) is 3.56. The van der Waals surface area contributed by atoms with E-state index in [0.717, 1.165) is 32.1 Å². The standard InChI is InChI=1S/C14H22N2OS.ClH/c1-10(8-13-6-3-7-18-13)16-14(17)11-4-2-5-12(15)9-11;/h3,6-7,10-12H,2,4-5,8-9,15H2,1H3,(H,16,17);1H. The number of nitrogens with one attached hydrogen (secondary N) is 1. The van der Waals surface area contributed by atoms with Crippen molar-refractivity contribution in [3.8, 4) is 0 Å². The number of thiophene rings is 1. The molecule has 0 aliphatic heterocycles. The first-order valence-corrected chi connectivity index (χ1v) is 7.61. The molecule has 1 amide bonds. The molecule has 1 fully saturated rings. The lowest BCUT2D eigenvalue weighted by molar-refractivity contribution is -0.126. The maximum atomic E-state index is 12.1. The molecule has 5 heteroatoms. The van der Waals surface area contributed by atoms with E-state index in [1.165, 1.54) is 4.88 Å². The van der Waals surface area contributed by atoms with E-state index in [4.69, 9.17) is 5.73 Å². The van der Waals surface area contributed by atoms with E-state index in [9.17, 15) is 4.79 Å². The Hall–Kier alpha value is -0.580. The van der Waals surface area contributed by atoms with Crippen molar-refractivity contribution in [2.75, 3.05) is 0 Å². The summed E-state index contributed by atoms with van der Waals surface area (Å²) in [7, 11) is 0. The molecule has 0 saturated heterocycles. The summed E-state index contributed by atoms with van der Waals surface area (Å²) in [5.74, 6) is 0.314. The van der Waals surface area contributed by atoms with Gasteiger partial charge in [-0.1, -0.05) is 12.5 Å². The van der Waals surface area contributed by atoms with Crippen molar-refractivity contribution in [3.63, 3.8) is 0 Å². The lowest BCUT2D eigenvalue weighted by Gasteiger charge is -2.27. The van der Waals surface area contributed by atoms with Crippen LogP contribution in [0.4, 0.5) is 0 Å². The fourth-order valence-electron chi connectivity index (χ4n) is 2.61. The fourth-order valence-corrected chi connectivity index (χ4v) is 3.44. The number of hydrogen-bond acceptors (Lipinski definition) is 3. The van der Waals surface area contributed by atoms with Crippen molar-refractivity contribution < 1.29 is 4.79 Å². The summed E-state index contributed by atoms with van der Waals surface area (Å²) >= 11 is 1.74. The maximum Gasteiger partial charge on any atom is 0.223 e. The molecule has 1 aliphatic rings. The van der Waals surface area contributed by atoms with E-state index in [-0.39, 0.29) is 36.3 Å². The van der Waals surface area contributed by atoms with Gasteiger partial charge in [-0.25, -0.2) is 0 Å². The van der Waals surface area contributed by atoms with Crippen LogP contribution in [0.3, 0.4) is 0 Å². The number of carbonyl (C=O) groups is 1. The van der Waals surface area contributed by atoms with Gasteiger partial charge in [-0.2, -0.15) is 0 Å². The van der Waals surface area contributed by atoms with E-state index < -0.39 is 0 Å². The number of rotatable bonds is 4. The molecule has 0 aromatic carbocycles. The molecule has 1 aromatic heterocycles. The smallest absolute Gasteiger partial charge is 0.223 e. The second-order valence-electron chi connectivity index (χ2n) is 5.32. The molecule has 3 atom stereocenters. The van der Waals surface area contributed by atoms with Crippen molar-refractivity contribution >= 4 is 29.7 Å². The molecule has 3 unspecified atom stereocenters. The normalized spacial score (nSPS) is 24.3. The molecule has 0 radical (unpaired) electrons. The molecule has 1 heterocycles. The van der Waals surface area contributed by atoms with Gasteiger partial charge in [0.05, 0.1) is 0 Å². The number of hydrogen-bond donors (Lipinski definition) is 2. The third-order valence-corrected chi connectivity index (χ3v) is 4.46. The van der Waals surface area contributed by atoms with Crippen LogP contribution < -0.4 is 11.1 Å². The van der Waals surface area contributed by atoms with Crippen molar-refractivity contribution in [2.24, 2.45) is 11.7 Å². The minimum Gasteiger partial charge on any atom is -0.353 e. The van der Waals surface area contributed by atoms with Gasteiger partial charge in [-0.3, -0.25) is 4.79 Å². The Bertz CT molecular complexity index is 383. The summed E-state index contributed by atoms with van der Waals surface area (Å²) in [6.07, 6.45) is 4.90. The van der Waals surface area contributed by atoms with Crippen LogP contribution in [-0.2, 0) is 11.2 Å². The van der Waals surface area contributed by atoms with Crippen molar-refractivity contribution in [1.29, 1.82) is 0 Å². The van der Waals surface area contributed by atoms with Crippen LogP contribution in [0.1, 0.15) is 37.5 Å². The number of amides is 1. The van der Waals surface area contributed by atoms with Gasteiger partial charge in [0.25, 0.3) is 0 Å². The van der Waals surface area contributed by atoms with E-state index >= 15 is 0 Å². The first kappa shape index (κ1) is 16.5. The van der Waals surface area contributed by atoms with Crippen LogP contribution in [0.25, 0.3) is 0 Å². The van der Waals surface area contributed by atoms with Gasteiger partial charge in [0, 0.05) is 29.3 Å². The highest BCUT2D eigenvalue weighted by molar-refractivity contribution is 7.09. The Morgan fingerprint density at radius 1 is 1.58 bits per heavy atom. The topological polar surface area (TPSA) is 55.1 Å². The van der Waals surface area contributed by atoms with E-state index in [0.29, 0.717) is 0 Å². The van der Waals surface area contributed by atoms with Crippen LogP contribution in [0.15, 0.2) is 17.5 Å². The first-order chi connectivity index (χ1) is 8.65. The lowest BCUT2D eigenvalue weighted by atomic mass is 9.85. The summed E-state index contributed by atoms with van der Waals surface area (Å²) in [6, 6.07) is 4.58. The van der Waals surface area contributed by atoms with Gasteiger partial charge in [0.1, 0.15) is 0 Å². The summed E-state index contributed by atoms with van der Waals surface area (Å²) in [5.41, 5.74) is 5.93. The highest BCUT2D eigenvalue weighted by atomic mass is 35.5. The molecule has 1 aliphatic carbocycles. The minimum atomic E-state index is 0. The molecular formula is C14H23ClN2OS. The lowest BCUT2D eigenvalue weighted by Crippen LogP contribution is -2.42. The van der Waals surface area contributed by atoms with Crippen LogP contribution in [0.2, 0.25) is 0 Å². The molecular weight excluding hydrogens is 280 g/mol. The Morgan fingerprint density at radius 2 is 2.37 bits per heavy atom. The predicted molar refractivity (Wildman–Crippen MR) is 82.8 cm³/mol. The van der Waals surface area contributed by atoms with Gasteiger partial charge in [0.15, 0.2) is 0 Å². The molecule has 1 saturated carbocycles. The predicted octanol–water partition coefficient (Wildman–Crippen LogP) is 2.73. The number of carbonyl (C=O) groups excluding carboxylic acids is 1. The molecule has 1 aromatic rings. The van der Waals surface area contributed by atoms with E-state index in [2.05, 4.69) is 29.8 Å². The molecule has 2 rings (SSSR count). The van der Waals surface area contributed by atoms with Gasteiger partial charge in [-0.05, 0) is 37.6 Å². The monoisotopic (exact) mass is 302 g/mol.